The van der Waals surface area contributed by atoms with E-state index < -0.39 is 10.0 Å². The maximum Gasteiger partial charge on any atom is 0.254 e. The number of hydrogen-bond acceptors (Lipinski definition) is 5. The van der Waals surface area contributed by atoms with Crippen molar-refractivity contribution in [1.29, 1.82) is 0 Å². The van der Waals surface area contributed by atoms with Crippen LogP contribution in [0.25, 0.3) is 0 Å². The first-order valence-corrected chi connectivity index (χ1v) is 8.85. The molecule has 106 valence electrons. The van der Waals surface area contributed by atoms with Crippen LogP contribution in [-0.4, -0.2) is 36.8 Å². The van der Waals surface area contributed by atoms with E-state index in [1.54, 1.807) is 11.2 Å². The van der Waals surface area contributed by atoms with E-state index in [1.807, 2.05) is 6.92 Å². The van der Waals surface area contributed by atoms with Gasteiger partial charge in [-0.2, -0.15) is 4.31 Å². The number of nitrogens with two attached hydrogens (primary N) is 1. The van der Waals surface area contributed by atoms with Gasteiger partial charge in [0, 0.05) is 19.1 Å². The zero-order chi connectivity index (χ0) is 13.8. The summed E-state index contributed by atoms with van der Waals surface area (Å²) in [5.41, 5.74) is 6.68. The van der Waals surface area contributed by atoms with Crippen LogP contribution in [0, 0.1) is 25.7 Å². The Morgan fingerprint density at radius 2 is 2.05 bits per heavy atom. The molecule has 1 aliphatic heterocycles. The monoisotopic (exact) mass is 301 g/mol. The second kappa shape index (κ2) is 4.51. The average molecular weight is 301 g/mol. The number of sulfonamides is 1. The van der Waals surface area contributed by atoms with Gasteiger partial charge in [-0.1, -0.05) is 0 Å². The van der Waals surface area contributed by atoms with Gasteiger partial charge in [0.2, 0.25) is 0 Å². The van der Waals surface area contributed by atoms with Gasteiger partial charge in [-0.3, -0.25) is 0 Å². The summed E-state index contributed by atoms with van der Waals surface area (Å²) < 4.78 is 27.3. The molecule has 2 N–H and O–H groups in total. The molecule has 3 unspecified atom stereocenters. The molecule has 2 fully saturated rings. The summed E-state index contributed by atoms with van der Waals surface area (Å²) in [6.07, 6.45) is 2.08. The molecule has 1 aromatic rings. The number of thiazole rings is 1. The van der Waals surface area contributed by atoms with Crippen LogP contribution < -0.4 is 5.73 Å². The molecule has 1 aliphatic carbocycles. The van der Waals surface area contributed by atoms with Crippen LogP contribution in [-0.2, 0) is 10.0 Å². The predicted molar refractivity (Wildman–Crippen MR) is 74.5 cm³/mol. The molecule has 0 radical (unpaired) electrons. The molecule has 1 saturated heterocycles. The van der Waals surface area contributed by atoms with E-state index in [1.165, 1.54) is 11.3 Å². The van der Waals surface area contributed by atoms with Crippen molar-refractivity contribution in [3.8, 4) is 0 Å². The molecule has 2 aliphatic rings. The van der Waals surface area contributed by atoms with E-state index in [4.69, 9.17) is 5.73 Å². The first-order valence-electron chi connectivity index (χ1n) is 6.59. The van der Waals surface area contributed by atoms with Gasteiger partial charge in [-0.15, -0.1) is 11.3 Å². The lowest BCUT2D eigenvalue weighted by atomic mass is 9.98. The smallest absolute Gasteiger partial charge is 0.254 e. The molecule has 0 amide bonds. The zero-order valence-electron chi connectivity index (χ0n) is 11.2. The van der Waals surface area contributed by atoms with Crippen LogP contribution >= 0.6 is 11.3 Å². The Balaban J connectivity index is 1.89. The number of aromatic nitrogens is 1. The number of rotatable bonds is 2. The largest absolute Gasteiger partial charge is 0.327 e. The molecular formula is C12H19N3O2S2. The number of fused-ring (bicyclic) bond motifs is 1. The van der Waals surface area contributed by atoms with E-state index in [-0.39, 0.29) is 6.04 Å². The maximum absolute atomic E-state index is 12.7. The first-order chi connectivity index (χ1) is 8.89. The molecule has 2 heterocycles. The Morgan fingerprint density at radius 1 is 1.32 bits per heavy atom. The lowest BCUT2D eigenvalue weighted by Gasteiger charge is -2.17. The van der Waals surface area contributed by atoms with Crippen LogP contribution in [0.2, 0.25) is 0 Å². The lowest BCUT2D eigenvalue weighted by molar-refractivity contribution is 0.427. The summed E-state index contributed by atoms with van der Waals surface area (Å²) in [6, 6.07) is 0.162. The minimum Gasteiger partial charge on any atom is -0.327 e. The van der Waals surface area contributed by atoms with Gasteiger partial charge in [0.15, 0.2) is 4.21 Å². The second-order valence-corrected chi connectivity index (χ2v) is 8.93. The van der Waals surface area contributed by atoms with Crippen LogP contribution in [0.3, 0.4) is 0 Å². The third kappa shape index (κ3) is 2.12. The lowest BCUT2D eigenvalue weighted by Crippen LogP contribution is -2.33. The maximum atomic E-state index is 12.7. The topological polar surface area (TPSA) is 76.3 Å². The average Bonchev–Trinajstić information content (AvgIpc) is 2.96. The summed E-state index contributed by atoms with van der Waals surface area (Å²) >= 11 is 1.27. The fourth-order valence-corrected chi connectivity index (χ4v) is 6.49. The summed E-state index contributed by atoms with van der Waals surface area (Å²) in [5.74, 6) is 0.781. The Hall–Kier alpha value is -0.500. The summed E-state index contributed by atoms with van der Waals surface area (Å²) in [6.45, 7) is 4.80. The van der Waals surface area contributed by atoms with Crippen molar-refractivity contribution in [2.75, 3.05) is 13.1 Å². The minimum atomic E-state index is -3.38. The van der Waals surface area contributed by atoms with Crippen LogP contribution in [0.1, 0.15) is 23.5 Å². The third-order valence-corrected chi connectivity index (χ3v) is 7.81. The van der Waals surface area contributed by atoms with Gasteiger partial charge >= 0.3 is 0 Å². The van der Waals surface area contributed by atoms with Crippen molar-refractivity contribution in [2.45, 2.75) is 36.9 Å². The van der Waals surface area contributed by atoms with Gasteiger partial charge in [0.25, 0.3) is 10.0 Å². The first kappa shape index (κ1) is 13.5. The summed E-state index contributed by atoms with van der Waals surface area (Å²) in [5, 5.41) is 0.798. The highest BCUT2D eigenvalue weighted by Crippen LogP contribution is 2.40. The quantitative estimate of drug-likeness (QED) is 0.888. The van der Waals surface area contributed by atoms with Crippen molar-refractivity contribution in [1.82, 2.24) is 9.29 Å². The Kier molecular flexibility index (Phi) is 3.20. The van der Waals surface area contributed by atoms with E-state index >= 15 is 0 Å². The molecule has 3 atom stereocenters. The highest BCUT2D eigenvalue weighted by Gasteiger charge is 2.45. The fourth-order valence-electron chi connectivity index (χ4n) is 3.33. The van der Waals surface area contributed by atoms with Crippen LogP contribution in [0.15, 0.2) is 4.21 Å². The Bertz CT molecular complexity index is 596. The molecule has 0 spiro atoms. The van der Waals surface area contributed by atoms with E-state index in [2.05, 4.69) is 4.98 Å². The standard InChI is InChI=1S/C12H19N3O2S2/c1-7-12(18-8(2)14-7)19(16,17)15-5-9-3-4-11(13)10(9)6-15/h9-11H,3-6,13H2,1-2H3. The molecule has 0 bridgehead atoms. The van der Waals surface area contributed by atoms with Gasteiger partial charge < -0.3 is 5.73 Å². The van der Waals surface area contributed by atoms with Gasteiger partial charge in [0.05, 0.1) is 10.7 Å². The van der Waals surface area contributed by atoms with Gasteiger partial charge in [0.1, 0.15) is 0 Å². The fraction of sp³-hybridized carbons (Fsp3) is 0.750. The summed E-state index contributed by atoms with van der Waals surface area (Å²) in [7, 11) is -3.38. The Morgan fingerprint density at radius 3 is 2.63 bits per heavy atom. The van der Waals surface area contributed by atoms with Crippen molar-refractivity contribution in [3.63, 3.8) is 0 Å². The molecular weight excluding hydrogens is 282 g/mol. The van der Waals surface area contributed by atoms with E-state index in [0.29, 0.717) is 34.8 Å². The molecule has 19 heavy (non-hydrogen) atoms. The summed E-state index contributed by atoms with van der Waals surface area (Å²) in [4.78, 5) is 4.22. The number of aryl methyl sites for hydroxylation is 2. The Labute approximate surface area is 117 Å². The van der Waals surface area contributed by atoms with Crippen molar-refractivity contribution < 1.29 is 8.42 Å². The highest BCUT2D eigenvalue weighted by atomic mass is 32.2. The number of nitrogens with zero attached hydrogens (tertiary/aromatic N) is 2. The minimum absolute atomic E-state index is 0.162. The molecule has 1 aromatic heterocycles. The molecule has 5 nitrogen and oxygen atoms in total. The van der Waals surface area contributed by atoms with Crippen molar-refractivity contribution in [3.05, 3.63) is 10.7 Å². The van der Waals surface area contributed by atoms with E-state index in [9.17, 15) is 8.42 Å². The van der Waals surface area contributed by atoms with E-state index in [0.717, 1.165) is 17.8 Å². The number of hydrogen-bond donors (Lipinski definition) is 1. The van der Waals surface area contributed by atoms with Crippen LogP contribution in [0.4, 0.5) is 0 Å². The highest BCUT2D eigenvalue weighted by molar-refractivity contribution is 7.91. The van der Waals surface area contributed by atoms with Crippen LogP contribution in [0.5, 0.6) is 0 Å². The molecule has 7 heteroatoms. The van der Waals surface area contributed by atoms with Gasteiger partial charge in [-0.25, -0.2) is 13.4 Å². The molecule has 1 saturated carbocycles. The normalized spacial score (nSPS) is 31.8. The molecule has 0 aromatic carbocycles. The van der Waals surface area contributed by atoms with Crippen molar-refractivity contribution >= 4 is 21.4 Å². The third-order valence-electron chi connectivity index (χ3n) is 4.31. The van der Waals surface area contributed by atoms with Crippen molar-refractivity contribution in [2.24, 2.45) is 17.6 Å². The molecule has 3 rings (SSSR count). The zero-order valence-corrected chi connectivity index (χ0v) is 12.8. The second-order valence-electron chi connectivity index (χ2n) is 5.59. The predicted octanol–water partition coefficient (Wildman–Crippen LogP) is 1.12. The van der Waals surface area contributed by atoms with Gasteiger partial charge in [-0.05, 0) is 38.5 Å². The SMILES string of the molecule is Cc1nc(C)c(S(=O)(=O)N2CC3CCC(N)C3C2)s1.